The largest absolute Gasteiger partial charge is 0.499 e. The average molecular weight is 266 g/mol. The van der Waals surface area contributed by atoms with Crippen molar-refractivity contribution in [2.75, 3.05) is 13.0 Å². The first-order valence-electron chi connectivity index (χ1n) is 4.61. The van der Waals surface area contributed by atoms with Gasteiger partial charge in [0, 0.05) is 30.3 Å². The van der Waals surface area contributed by atoms with Gasteiger partial charge in [-0.3, -0.25) is 9.59 Å². The fourth-order valence-corrected chi connectivity index (χ4v) is 1.02. The minimum absolute atomic E-state index is 0.267. The molecular weight excluding hydrogens is 248 g/mol. The van der Waals surface area contributed by atoms with E-state index >= 15 is 0 Å². The molecule has 6 nitrogen and oxygen atoms in total. The van der Waals surface area contributed by atoms with Crippen molar-refractivity contribution in [1.29, 1.82) is 0 Å². The molecule has 0 rings (SSSR count). The Morgan fingerprint density at radius 3 is 2.31 bits per heavy atom. The van der Waals surface area contributed by atoms with Crippen molar-refractivity contribution >= 4 is 32.2 Å². The fourth-order valence-electron chi connectivity index (χ4n) is 0.418. The summed E-state index contributed by atoms with van der Waals surface area (Å²) in [5.41, 5.74) is 0. The van der Waals surface area contributed by atoms with Crippen molar-refractivity contribution in [3.8, 4) is 0 Å². The highest BCUT2D eigenvalue weighted by atomic mass is 28.3. The van der Waals surface area contributed by atoms with Gasteiger partial charge in [0.25, 0.3) is 5.97 Å². The SMILES string of the molecule is C=COC(C)=O.CC(=O)O[SiH2]OCOC[SiH3]. The van der Waals surface area contributed by atoms with Gasteiger partial charge < -0.3 is 18.3 Å². The molecule has 0 bridgehead atoms. The molecule has 0 aliphatic heterocycles. The highest BCUT2D eigenvalue weighted by Crippen LogP contribution is 1.76. The van der Waals surface area contributed by atoms with Crippen molar-refractivity contribution in [3.05, 3.63) is 12.8 Å². The lowest BCUT2D eigenvalue weighted by Crippen LogP contribution is -2.11. The zero-order valence-electron chi connectivity index (χ0n) is 9.86. The van der Waals surface area contributed by atoms with Crippen LogP contribution >= 0.6 is 0 Å². The Labute approximate surface area is 100 Å². The van der Waals surface area contributed by atoms with E-state index in [-0.39, 0.29) is 18.7 Å². The molecule has 0 saturated carbocycles. The van der Waals surface area contributed by atoms with Crippen LogP contribution in [-0.2, 0) is 27.9 Å². The van der Waals surface area contributed by atoms with Gasteiger partial charge in [-0.2, -0.15) is 0 Å². The number of hydrogen-bond donors (Lipinski definition) is 0. The van der Waals surface area contributed by atoms with Gasteiger partial charge in [0.05, 0.1) is 6.26 Å². The Bertz CT molecular complexity index is 209. The molecule has 0 aromatic rings. The van der Waals surface area contributed by atoms with Gasteiger partial charge >= 0.3 is 16.0 Å². The number of ether oxygens (including phenoxy) is 2. The molecule has 0 aliphatic rings. The van der Waals surface area contributed by atoms with E-state index in [4.69, 9.17) is 9.16 Å². The summed E-state index contributed by atoms with van der Waals surface area (Å²) in [5.74, 6) is -0.609. The molecule has 0 heterocycles. The van der Waals surface area contributed by atoms with Crippen LogP contribution in [0, 0.1) is 0 Å². The summed E-state index contributed by atoms with van der Waals surface area (Å²) in [6.07, 6.45) is 1.86. The monoisotopic (exact) mass is 266 g/mol. The second-order valence-corrected chi connectivity index (χ2v) is 3.85. The molecule has 0 fully saturated rings. The Morgan fingerprint density at radius 1 is 1.38 bits per heavy atom. The topological polar surface area (TPSA) is 71.1 Å². The second-order valence-electron chi connectivity index (χ2n) is 2.34. The third-order valence-electron chi connectivity index (χ3n) is 0.966. The second kappa shape index (κ2) is 14.0. The van der Waals surface area contributed by atoms with Gasteiger partial charge in [-0.1, -0.05) is 6.58 Å². The number of carbonyl (C=O) groups is 2. The quantitative estimate of drug-likeness (QED) is 0.193. The van der Waals surface area contributed by atoms with E-state index in [1.54, 1.807) is 0 Å². The average Bonchev–Trinajstić information content (AvgIpc) is 2.17. The van der Waals surface area contributed by atoms with Crippen LogP contribution in [0.15, 0.2) is 12.8 Å². The maximum atomic E-state index is 10.2. The van der Waals surface area contributed by atoms with Gasteiger partial charge in [0.2, 0.25) is 0 Å². The summed E-state index contributed by atoms with van der Waals surface area (Å²) < 4.78 is 18.5. The molecule has 0 radical (unpaired) electrons. The summed E-state index contributed by atoms with van der Waals surface area (Å²) in [4.78, 5) is 19.9. The third kappa shape index (κ3) is 23.1. The molecule has 8 heteroatoms. The van der Waals surface area contributed by atoms with Gasteiger partial charge in [0.1, 0.15) is 6.79 Å². The van der Waals surface area contributed by atoms with E-state index in [2.05, 4.69) is 15.7 Å². The molecule has 0 spiro atoms. The highest BCUT2D eigenvalue weighted by Gasteiger charge is 1.91. The van der Waals surface area contributed by atoms with E-state index in [1.165, 1.54) is 13.8 Å². The fraction of sp³-hybridized carbons (Fsp3) is 0.500. The minimum atomic E-state index is -1.12. The van der Waals surface area contributed by atoms with Crippen LogP contribution in [0.4, 0.5) is 0 Å². The zero-order chi connectivity index (χ0) is 12.8. The third-order valence-corrected chi connectivity index (χ3v) is 2.23. The molecule has 94 valence electrons. The Morgan fingerprint density at radius 2 is 2.00 bits per heavy atom. The molecule has 0 amide bonds. The molecule has 0 atom stereocenters. The highest BCUT2D eigenvalue weighted by molar-refractivity contribution is 6.22. The first-order chi connectivity index (χ1) is 7.54. The molecule has 0 unspecified atom stereocenters. The number of hydrogen-bond acceptors (Lipinski definition) is 6. The molecule has 16 heavy (non-hydrogen) atoms. The van der Waals surface area contributed by atoms with Gasteiger partial charge in [-0.05, 0) is 0 Å². The first-order valence-corrected chi connectivity index (χ1v) is 7.18. The van der Waals surface area contributed by atoms with Crippen molar-refractivity contribution in [1.82, 2.24) is 0 Å². The van der Waals surface area contributed by atoms with Gasteiger partial charge in [0.15, 0.2) is 0 Å². The van der Waals surface area contributed by atoms with Crippen LogP contribution in [0.5, 0.6) is 0 Å². The van der Waals surface area contributed by atoms with Gasteiger partial charge in [-0.15, -0.1) is 0 Å². The molecule has 0 aromatic carbocycles. The maximum Gasteiger partial charge on any atom is 0.370 e. The summed E-state index contributed by atoms with van der Waals surface area (Å²) in [7, 11) is -0.106. The summed E-state index contributed by atoms with van der Waals surface area (Å²) in [6, 6.07) is 0. The van der Waals surface area contributed by atoms with Crippen LogP contribution in [0.3, 0.4) is 0 Å². The summed E-state index contributed by atoms with van der Waals surface area (Å²) in [5, 5.41) is 0. The van der Waals surface area contributed by atoms with Crippen molar-refractivity contribution < 1.29 is 27.9 Å². The normalized spacial score (nSPS) is 9.38. The number of carbonyl (C=O) groups excluding carboxylic acids is 2. The number of esters is 1. The standard InChI is InChI=1S/C4H12O4Si2.C4H6O2/c1-4(5)8-10-7-2-6-3-9;1-3-6-4(2)5/h2-3,10H2,1,9H3;3H,1H2,2H3. The zero-order valence-corrected chi connectivity index (χ0v) is 13.3. The molecule has 0 saturated heterocycles. The van der Waals surface area contributed by atoms with Crippen molar-refractivity contribution in [2.45, 2.75) is 13.8 Å². The van der Waals surface area contributed by atoms with E-state index in [0.29, 0.717) is 0 Å². The maximum absolute atomic E-state index is 10.2. The van der Waals surface area contributed by atoms with E-state index in [1.807, 2.05) is 0 Å². The predicted molar refractivity (Wildman–Crippen MR) is 64.1 cm³/mol. The lowest BCUT2D eigenvalue weighted by molar-refractivity contribution is -0.135. The van der Waals surface area contributed by atoms with Crippen molar-refractivity contribution in [2.24, 2.45) is 0 Å². The minimum Gasteiger partial charge on any atom is -0.499 e. The van der Waals surface area contributed by atoms with E-state index in [9.17, 15) is 9.59 Å². The Balaban J connectivity index is 0. The van der Waals surface area contributed by atoms with Crippen LogP contribution < -0.4 is 0 Å². The van der Waals surface area contributed by atoms with Crippen molar-refractivity contribution in [3.63, 3.8) is 0 Å². The van der Waals surface area contributed by atoms with Gasteiger partial charge in [-0.25, -0.2) is 0 Å². The summed E-state index contributed by atoms with van der Waals surface area (Å²) >= 11 is 0. The van der Waals surface area contributed by atoms with E-state index < -0.39 is 10.0 Å². The first kappa shape index (κ1) is 17.4. The van der Waals surface area contributed by atoms with Crippen LogP contribution in [0.25, 0.3) is 0 Å². The lowest BCUT2D eigenvalue weighted by Gasteiger charge is -2.02. The lowest BCUT2D eigenvalue weighted by atomic mass is 10.8. The smallest absolute Gasteiger partial charge is 0.370 e. The van der Waals surface area contributed by atoms with E-state index in [0.717, 1.165) is 22.7 Å². The summed E-state index contributed by atoms with van der Waals surface area (Å²) in [6.45, 7) is 6.11. The molecule has 0 aromatic heterocycles. The van der Waals surface area contributed by atoms with Crippen LogP contribution in [0.1, 0.15) is 13.8 Å². The molecular formula is C8H18O6Si2. The predicted octanol–water partition coefficient (Wildman–Crippen LogP) is -1.45. The van der Waals surface area contributed by atoms with Crippen LogP contribution in [-0.4, -0.2) is 45.2 Å². The Kier molecular flexibility index (Phi) is 15.3. The molecule has 0 N–H and O–H groups in total. The Hall–Kier alpha value is -0.966. The molecule has 0 aliphatic carbocycles. The number of rotatable bonds is 6. The van der Waals surface area contributed by atoms with Crippen LogP contribution in [0.2, 0.25) is 0 Å².